The van der Waals surface area contributed by atoms with Crippen molar-refractivity contribution in [3.05, 3.63) is 35.1 Å². The fraction of sp³-hybridized carbons (Fsp3) is 0.588. The summed E-state index contributed by atoms with van der Waals surface area (Å²) in [6, 6.07) is 5.40. The first-order valence-electron chi connectivity index (χ1n) is 8.08. The Morgan fingerprint density at radius 3 is 2.96 bits per heavy atom. The van der Waals surface area contributed by atoms with Crippen LogP contribution in [-0.2, 0) is 22.6 Å². The largest absolute Gasteiger partial charge is 0.380 e. The zero-order valence-corrected chi connectivity index (χ0v) is 13.6. The van der Waals surface area contributed by atoms with E-state index in [1.54, 1.807) is 20.2 Å². The van der Waals surface area contributed by atoms with E-state index in [0.29, 0.717) is 30.4 Å². The first kappa shape index (κ1) is 16.2. The third kappa shape index (κ3) is 3.82. The summed E-state index contributed by atoms with van der Waals surface area (Å²) in [6.07, 6.45) is 4.05. The molecule has 2 aliphatic heterocycles. The molecule has 126 valence electrons. The third-order valence-electron chi connectivity index (χ3n) is 4.52. The number of benzene rings is 1. The van der Waals surface area contributed by atoms with E-state index in [1.165, 1.54) is 12.5 Å². The highest BCUT2D eigenvalue weighted by Crippen LogP contribution is 2.34. The van der Waals surface area contributed by atoms with Crippen LogP contribution in [0.2, 0.25) is 0 Å². The molecule has 0 spiro atoms. The average Bonchev–Trinajstić information content (AvgIpc) is 3.17. The Balaban J connectivity index is 1.55. The first-order chi connectivity index (χ1) is 11.2. The lowest BCUT2D eigenvalue weighted by molar-refractivity contribution is 0.0992. The molecule has 0 radical (unpaired) electrons. The van der Waals surface area contributed by atoms with Gasteiger partial charge in [-0.15, -0.1) is 0 Å². The van der Waals surface area contributed by atoms with Crippen molar-refractivity contribution in [2.45, 2.75) is 50.7 Å². The molecule has 2 fully saturated rings. The van der Waals surface area contributed by atoms with Gasteiger partial charge in [0, 0.05) is 26.3 Å². The summed E-state index contributed by atoms with van der Waals surface area (Å²) in [5, 5.41) is 6.71. The van der Waals surface area contributed by atoms with E-state index >= 15 is 0 Å². The Morgan fingerprint density at radius 2 is 2.30 bits per heavy atom. The van der Waals surface area contributed by atoms with Crippen LogP contribution in [0.1, 0.15) is 30.4 Å². The predicted octanol–water partition coefficient (Wildman–Crippen LogP) is 1.96. The number of ether oxygens (including phenoxy) is 2. The van der Waals surface area contributed by atoms with Gasteiger partial charge in [-0.3, -0.25) is 4.99 Å². The molecule has 1 aromatic rings. The Bertz CT molecular complexity index is 579. The second-order valence-corrected chi connectivity index (χ2v) is 6.14. The molecule has 3 unspecified atom stereocenters. The molecular weight excluding hydrogens is 297 g/mol. The summed E-state index contributed by atoms with van der Waals surface area (Å²) in [7, 11) is 3.32. The number of hydrogen-bond acceptors (Lipinski definition) is 3. The lowest BCUT2D eigenvalue weighted by Crippen LogP contribution is -2.47. The second-order valence-electron chi connectivity index (χ2n) is 6.14. The molecule has 1 aromatic carbocycles. The highest BCUT2D eigenvalue weighted by Gasteiger charge is 2.41. The van der Waals surface area contributed by atoms with Crippen molar-refractivity contribution in [1.29, 1.82) is 0 Å². The van der Waals surface area contributed by atoms with Crippen molar-refractivity contribution in [1.82, 2.24) is 10.6 Å². The highest BCUT2D eigenvalue weighted by molar-refractivity contribution is 5.80. The Hall–Kier alpha value is -1.66. The van der Waals surface area contributed by atoms with Gasteiger partial charge in [-0.25, -0.2) is 4.39 Å². The SMILES string of the molecule is CN=C(NCc1ccc(F)c(COC)c1)NC1CC2CCC1O2. The van der Waals surface area contributed by atoms with Crippen LogP contribution in [0.5, 0.6) is 0 Å². The molecule has 2 heterocycles. The van der Waals surface area contributed by atoms with E-state index < -0.39 is 0 Å². The van der Waals surface area contributed by atoms with Crippen molar-refractivity contribution in [3.63, 3.8) is 0 Å². The van der Waals surface area contributed by atoms with Crippen LogP contribution < -0.4 is 10.6 Å². The Labute approximate surface area is 136 Å². The van der Waals surface area contributed by atoms with Crippen molar-refractivity contribution < 1.29 is 13.9 Å². The molecule has 23 heavy (non-hydrogen) atoms. The van der Waals surface area contributed by atoms with Crippen LogP contribution in [0.3, 0.4) is 0 Å². The van der Waals surface area contributed by atoms with Crippen LogP contribution in [-0.4, -0.2) is 38.4 Å². The molecule has 0 amide bonds. The Kier molecular flexibility index (Phi) is 5.13. The molecule has 0 aromatic heterocycles. The second kappa shape index (κ2) is 7.27. The van der Waals surface area contributed by atoms with Gasteiger partial charge in [0.2, 0.25) is 0 Å². The molecule has 2 saturated heterocycles. The molecule has 0 aliphatic carbocycles. The normalized spacial score (nSPS) is 26.6. The molecular formula is C17H24FN3O2. The van der Waals surface area contributed by atoms with Gasteiger partial charge in [-0.1, -0.05) is 6.07 Å². The van der Waals surface area contributed by atoms with Crippen LogP contribution in [0, 0.1) is 5.82 Å². The molecule has 3 atom stereocenters. The standard InChI is InChI=1S/C17H24FN3O2/c1-19-17(21-15-8-13-4-6-16(15)23-13)20-9-11-3-5-14(18)12(7-11)10-22-2/h3,5,7,13,15-16H,4,6,8-10H2,1-2H3,(H2,19,20,21). The van der Waals surface area contributed by atoms with Crippen molar-refractivity contribution in [3.8, 4) is 0 Å². The number of halogens is 1. The van der Waals surface area contributed by atoms with Gasteiger partial charge >= 0.3 is 0 Å². The van der Waals surface area contributed by atoms with Crippen molar-refractivity contribution in [2.24, 2.45) is 4.99 Å². The lowest BCUT2D eigenvalue weighted by atomic mass is 9.96. The van der Waals surface area contributed by atoms with E-state index in [0.717, 1.165) is 24.4 Å². The van der Waals surface area contributed by atoms with Gasteiger partial charge in [0.25, 0.3) is 0 Å². The number of hydrogen-bond donors (Lipinski definition) is 2. The maximum absolute atomic E-state index is 13.6. The zero-order chi connectivity index (χ0) is 16.2. The van der Waals surface area contributed by atoms with Gasteiger partial charge in [-0.2, -0.15) is 0 Å². The number of nitrogens with one attached hydrogen (secondary N) is 2. The maximum Gasteiger partial charge on any atom is 0.191 e. The van der Waals surface area contributed by atoms with E-state index in [4.69, 9.17) is 9.47 Å². The summed E-state index contributed by atoms with van der Waals surface area (Å²) >= 11 is 0. The first-order valence-corrected chi connectivity index (χ1v) is 8.08. The summed E-state index contributed by atoms with van der Waals surface area (Å²) in [5.41, 5.74) is 1.56. The minimum absolute atomic E-state index is 0.239. The quantitative estimate of drug-likeness (QED) is 0.643. The molecule has 5 nitrogen and oxygen atoms in total. The average molecular weight is 321 g/mol. The van der Waals surface area contributed by atoms with Crippen LogP contribution in [0.15, 0.2) is 23.2 Å². The van der Waals surface area contributed by atoms with Gasteiger partial charge in [0.1, 0.15) is 5.82 Å². The summed E-state index contributed by atoms with van der Waals surface area (Å²) in [5.74, 6) is 0.515. The van der Waals surface area contributed by atoms with Gasteiger partial charge in [-0.05, 0) is 37.0 Å². The number of guanidine groups is 1. The van der Waals surface area contributed by atoms with Crippen molar-refractivity contribution in [2.75, 3.05) is 14.2 Å². The van der Waals surface area contributed by atoms with E-state index in [-0.39, 0.29) is 12.4 Å². The number of nitrogens with zero attached hydrogens (tertiary/aromatic N) is 1. The predicted molar refractivity (Wildman–Crippen MR) is 86.7 cm³/mol. The van der Waals surface area contributed by atoms with Gasteiger partial charge < -0.3 is 20.1 Å². The molecule has 2 N–H and O–H groups in total. The minimum Gasteiger partial charge on any atom is -0.380 e. The maximum atomic E-state index is 13.6. The third-order valence-corrected chi connectivity index (χ3v) is 4.52. The minimum atomic E-state index is -0.239. The topological polar surface area (TPSA) is 54.9 Å². The van der Waals surface area contributed by atoms with E-state index in [1.807, 2.05) is 6.07 Å². The van der Waals surface area contributed by atoms with E-state index in [2.05, 4.69) is 15.6 Å². The van der Waals surface area contributed by atoms with E-state index in [9.17, 15) is 4.39 Å². The Morgan fingerprint density at radius 1 is 1.43 bits per heavy atom. The van der Waals surface area contributed by atoms with Crippen molar-refractivity contribution >= 4 is 5.96 Å². The summed E-state index contributed by atoms with van der Waals surface area (Å²) in [6.45, 7) is 0.855. The molecule has 2 aliphatic rings. The number of aliphatic imine (C=N–C) groups is 1. The monoisotopic (exact) mass is 321 g/mol. The molecule has 2 bridgehead atoms. The number of fused-ring (bicyclic) bond motifs is 2. The van der Waals surface area contributed by atoms with Crippen LogP contribution >= 0.6 is 0 Å². The summed E-state index contributed by atoms with van der Waals surface area (Å²) in [4.78, 5) is 4.27. The van der Waals surface area contributed by atoms with Gasteiger partial charge in [0.05, 0.1) is 24.9 Å². The fourth-order valence-corrected chi connectivity index (χ4v) is 3.35. The fourth-order valence-electron chi connectivity index (χ4n) is 3.35. The van der Waals surface area contributed by atoms with Crippen LogP contribution in [0.25, 0.3) is 0 Å². The van der Waals surface area contributed by atoms with Crippen LogP contribution in [0.4, 0.5) is 4.39 Å². The smallest absolute Gasteiger partial charge is 0.191 e. The number of methoxy groups -OCH3 is 1. The lowest BCUT2D eigenvalue weighted by Gasteiger charge is -2.22. The summed E-state index contributed by atoms with van der Waals surface area (Å²) < 4.78 is 24.5. The molecule has 6 heteroatoms. The zero-order valence-electron chi connectivity index (χ0n) is 13.6. The molecule has 3 rings (SSSR count). The number of rotatable bonds is 5. The van der Waals surface area contributed by atoms with Gasteiger partial charge in [0.15, 0.2) is 5.96 Å². The highest BCUT2D eigenvalue weighted by atomic mass is 19.1. The molecule has 0 saturated carbocycles.